The second-order valence-electron chi connectivity index (χ2n) is 6.52. The minimum atomic E-state index is -0.359. The Hall–Kier alpha value is -1.81. The fourth-order valence-electron chi connectivity index (χ4n) is 2.72. The predicted molar refractivity (Wildman–Crippen MR) is 87.3 cm³/mol. The summed E-state index contributed by atoms with van der Waals surface area (Å²) < 4.78 is 0. The number of hydrogen-bond donors (Lipinski definition) is 2. The van der Waals surface area contributed by atoms with E-state index >= 15 is 0 Å². The maximum Gasteiger partial charge on any atom is 0.269 e. The van der Waals surface area contributed by atoms with Crippen LogP contribution >= 0.6 is 11.6 Å². The number of rotatable bonds is 3. The third-order valence-electron chi connectivity index (χ3n) is 4.11. The van der Waals surface area contributed by atoms with Gasteiger partial charge in [0.05, 0.1) is 5.92 Å². The van der Waals surface area contributed by atoms with Gasteiger partial charge in [-0.25, -0.2) is 0 Å². The Balaban J connectivity index is 1.92. The normalized spacial score (nSPS) is 21.7. The fraction of sp³-hybridized carbons (Fsp3) is 0.412. The summed E-state index contributed by atoms with van der Waals surface area (Å²) in [5.74, 6) is -0.421. The average molecular weight is 321 g/mol. The van der Waals surface area contributed by atoms with Gasteiger partial charge in [0.15, 0.2) is 0 Å². The lowest BCUT2D eigenvalue weighted by atomic mass is 10.1. The maximum absolute atomic E-state index is 12.2. The topological polar surface area (TPSA) is 58.2 Å². The first-order chi connectivity index (χ1) is 10.2. The van der Waals surface area contributed by atoms with E-state index in [1.165, 1.54) is 5.57 Å². The summed E-state index contributed by atoms with van der Waals surface area (Å²) in [6.45, 7) is 8.15. The van der Waals surface area contributed by atoms with Gasteiger partial charge in [-0.3, -0.25) is 20.4 Å². The second-order valence-corrected chi connectivity index (χ2v) is 6.96. The van der Waals surface area contributed by atoms with Crippen LogP contribution in [0, 0.1) is 17.3 Å². The smallest absolute Gasteiger partial charge is 0.269 e. The van der Waals surface area contributed by atoms with Crippen molar-refractivity contribution < 1.29 is 9.59 Å². The zero-order chi connectivity index (χ0) is 16.5. The van der Waals surface area contributed by atoms with Crippen LogP contribution in [-0.4, -0.2) is 11.8 Å². The van der Waals surface area contributed by atoms with Gasteiger partial charge in [-0.2, -0.15) is 0 Å². The standard InChI is InChI=1S/C17H21ClN2O2/c1-10(2)9-13-14(17(13,3)4)16(22)20-19-15(21)11-5-7-12(18)8-6-11/h5-9,13-14H,1-4H3,(H,19,21)(H,20,22). The van der Waals surface area contributed by atoms with Crippen LogP contribution in [0.5, 0.6) is 0 Å². The lowest BCUT2D eigenvalue weighted by Crippen LogP contribution is -2.43. The van der Waals surface area contributed by atoms with E-state index in [-0.39, 0.29) is 29.1 Å². The highest BCUT2D eigenvalue weighted by molar-refractivity contribution is 6.30. The molecule has 1 aliphatic carbocycles. The van der Waals surface area contributed by atoms with Gasteiger partial charge in [-0.1, -0.05) is 37.1 Å². The molecule has 1 fully saturated rings. The number of nitrogens with one attached hydrogen (secondary N) is 2. The van der Waals surface area contributed by atoms with Crippen LogP contribution in [0.1, 0.15) is 38.1 Å². The average Bonchev–Trinajstić information content (AvgIpc) is 2.96. The fourth-order valence-corrected chi connectivity index (χ4v) is 2.84. The Morgan fingerprint density at radius 2 is 1.73 bits per heavy atom. The van der Waals surface area contributed by atoms with Crippen molar-refractivity contribution in [2.45, 2.75) is 27.7 Å². The number of hydrogen-bond acceptors (Lipinski definition) is 2. The van der Waals surface area contributed by atoms with Crippen molar-refractivity contribution >= 4 is 23.4 Å². The number of hydrazine groups is 1. The van der Waals surface area contributed by atoms with Crippen LogP contribution in [0.4, 0.5) is 0 Å². The molecule has 22 heavy (non-hydrogen) atoms. The molecule has 2 N–H and O–H groups in total. The molecule has 0 spiro atoms. The Labute approximate surface area is 135 Å². The highest BCUT2D eigenvalue weighted by Crippen LogP contribution is 2.59. The van der Waals surface area contributed by atoms with E-state index in [2.05, 4.69) is 30.8 Å². The molecule has 4 nitrogen and oxygen atoms in total. The van der Waals surface area contributed by atoms with Gasteiger partial charge in [0.2, 0.25) is 5.91 Å². The van der Waals surface area contributed by atoms with Crippen LogP contribution in [0.15, 0.2) is 35.9 Å². The number of carbonyl (C=O) groups is 2. The van der Waals surface area contributed by atoms with E-state index in [9.17, 15) is 9.59 Å². The van der Waals surface area contributed by atoms with Gasteiger partial charge in [0.25, 0.3) is 5.91 Å². The SMILES string of the molecule is CC(C)=CC1C(C(=O)NNC(=O)c2ccc(Cl)cc2)C1(C)C. The zero-order valence-electron chi connectivity index (χ0n) is 13.2. The number of benzene rings is 1. The Morgan fingerprint density at radius 3 is 2.27 bits per heavy atom. The molecule has 1 aliphatic rings. The molecular weight excluding hydrogens is 300 g/mol. The molecule has 0 heterocycles. The summed E-state index contributed by atoms with van der Waals surface area (Å²) in [4.78, 5) is 24.2. The Kier molecular flexibility index (Phi) is 4.61. The minimum absolute atomic E-state index is 0.0770. The molecule has 0 radical (unpaired) electrons. The predicted octanol–water partition coefficient (Wildman–Crippen LogP) is 3.34. The lowest BCUT2D eigenvalue weighted by molar-refractivity contribution is -0.123. The second kappa shape index (κ2) is 6.13. The molecule has 0 saturated heterocycles. The molecule has 1 aromatic rings. The van der Waals surface area contributed by atoms with Gasteiger partial charge in [0.1, 0.15) is 0 Å². The summed E-state index contributed by atoms with van der Waals surface area (Å²) in [6, 6.07) is 6.48. The zero-order valence-corrected chi connectivity index (χ0v) is 14.0. The lowest BCUT2D eigenvalue weighted by Gasteiger charge is -2.08. The van der Waals surface area contributed by atoms with Gasteiger partial charge in [-0.05, 0) is 49.4 Å². The molecule has 0 aliphatic heterocycles. The summed E-state index contributed by atoms with van der Waals surface area (Å²) in [7, 11) is 0. The number of halogens is 1. The summed E-state index contributed by atoms with van der Waals surface area (Å²) in [5, 5.41) is 0.560. The molecule has 1 saturated carbocycles. The Morgan fingerprint density at radius 1 is 1.14 bits per heavy atom. The largest absolute Gasteiger partial charge is 0.273 e. The van der Waals surface area contributed by atoms with Crippen LogP contribution in [-0.2, 0) is 4.79 Å². The molecule has 0 aromatic heterocycles. The van der Waals surface area contributed by atoms with E-state index in [0.29, 0.717) is 10.6 Å². The molecule has 118 valence electrons. The monoisotopic (exact) mass is 320 g/mol. The molecule has 2 rings (SSSR count). The van der Waals surface area contributed by atoms with Crippen LogP contribution in [0.2, 0.25) is 5.02 Å². The molecule has 2 amide bonds. The molecule has 0 bridgehead atoms. The molecule has 2 atom stereocenters. The highest BCUT2D eigenvalue weighted by atomic mass is 35.5. The van der Waals surface area contributed by atoms with Crippen molar-refractivity contribution in [1.82, 2.24) is 10.9 Å². The van der Waals surface area contributed by atoms with E-state index < -0.39 is 0 Å². The summed E-state index contributed by atoms with van der Waals surface area (Å²) in [6.07, 6.45) is 2.12. The van der Waals surface area contributed by atoms with Crippen molar-refractivity contribution in [3.05, 3.63) is 46.5 Å². The number of amides is 2. The van der Waals surface area contributed by atoms with Crippen molar-refractivity contribution in [2.75, 3.05) is 0 Å². The first kappa shape index (κ1) is 16.6. The van der Waals surface area contributed by atoms with Gasteiger partial charge in [-0.15, -0.1) is 0 Å². The highest BCUT2D eigenvalue weighted by Gasteiger charge is 2.60. The first-order valence-corrected chi connectivity index (χ1v) is 7.62. The van der Waals surface area contributed by atoms with E-state index in [4.69, 9.17) is 11.6 Å². The molecule has 1 aromatic carbocycles. The third kappa shape index (κ3) is 3.50. The van der Waals surface area contributed by atoms with Gasteiger partial charge in [0, 0.05) is 10.6 Å². The van der Waals surface area contributed by atoms with E-state index in [1.54, 1.807) is 24.3 Å². The van der Waals surface area contributed by atoms with Gasteiger partial charge < -0.3 is 0 Å². The summed E-state index contributed by atoms with van der Waals surface area (Å²) in [5.41, 5.74) is 6.53. The third-order valence-corrected chi connectivity index (χ3v) is 4.36. The van der Waals surface area contributed by atoms with Crippen molar-refractivity contribution in [3.8, 4) is 0 Å². The number of carbonyl (C=O) groups excluding carboxylic acids is 2. The molecule has 5 heteroatoms. The number of allylic oxidation sites excluding steroid dienone is 2. The molecule has 2 unspecified atom stereocenters. The first-order valence-electron chi connectivity index (χ1n) is 7.24. The van der Waals surface area contributed by atoms with Crippen LogP contribution in [0.3, 0.4) is 0 Å². The van der Waals surface area contributed by atoms with Crippen LogP contribution in [0.25, 0.3) is 0 Å². The van der Waals surface area contributed by atoms with Crippen LogP contribution < -0.4 is 10.9 Å². The van der Waals surface area contributed by atoms with Crippen molar-refractivity contribution in [1.29, 1.82) is 0 Å². The summed E-state index contributed by atoms with van der Waals surface area (Å²) >= 11 is 5.78. The Bertz CT molecular complexity index is 616. The quantitative estimate of drug-likeness (QED) is 0.663. The van der Waals surface area contributed by atoms with E-state index in [0.717, 1.165) is 0 Å². The van der Waals surface area contributed by atoms with Crippen molar-refractivity contribution in [3.63, 3.8) is 0 Å². The van der Waals surface area contributed by atoms with E-state index in [1.807, 2.05) is 13.8 Å². The van der Waals surface area contributed by atoms with Crippen molar-refractivity contribution in [2.24, 2.45) is 17.3 Å². The van der Waals surface area contributed by atoms with Gasteiger partial charge >= 0.3 is 0 Å². The maximum atomic E-state index is 12.2. The minimum Gasteiger partial charge on any atom is -0.273 e. The molecular formula is C17H21ClN2O2.